The average Bonchev–Trinajstić information content (AvgIpc) is 2.64. The van der Waals surface area contributed by atoms with Crippen LogP contribution in [-0.2, 0) is 10.0 Å². The van der Waals surface area contributed by atoms with Gasteiger partial charge in [0, 0.05) is 25.8 Å². The summed E-state index contributed by atoms with van der Waals surface area (Å²) >= 11 is 0. The average molecular weight is 392 g/mol. The molecule has 0 radical (unpaired) electrons. The highest BCUT2D eigenvalue weighted by Gasteiger charge is 2.26. The van der Waals surface area contributed by atoms with Gasteiger partial charge in [0.2, 0.25) is 10.0 Å². The minimum absolute atomic E-state index is 0.0923. The van der Waals surface area contributed by atoms with Gasteiger partial charge in [0.1, 0.15) is 5.82 Å². The Labute approximate surface area is 160 Å². The molecule has 2 rings (SSSR count). The Morgan fingerprint density at radius 1 is 1.07 bits per heavy atom. The van der Waals surface area contributed by atoms with Gasteiger partial charge in [0.05, 0.1) is 10.5 Å². The van der Waals surface area contributed by atoms with E-state index in [9.17, 15) is 17.6 Å². The van der Waals surface area contributed by atoms with Crippen molar-refractivity contribution in [2.45, 2.75) is 32.6 Å². The molecular weight excluding hydrogens is 367 g/mol. The maximum absolute atomic E-state index is 14.4. The first-order valence-electron chi connectivity index (χ1n) is 8.79. The number of amides is 1. The number of carbonyl (C=O) groups excluding carboxylic acids is 1. The zero-order valence-electron chi connectivity index (χ0n) is 16.3. The SMILES string of the molecule is CCN(CC)S(=O)(=O)c1ccc(F)c(C(=O)N(C)c2cccc(C)c2C)c1. The van der Waals surface area contributed by atoms with Crippen LogP contribution in [0.1, 0.15) is 35.3 Å². The number of aryl methyl sites for hydroxylation is 1. The van der Waals surface area contributed by atoms with E-state index in [1.807, 2.05) is 26.0 Å². The van der Waals surface area contributed by atoms with Gasteiger partial charge in [-0.05, 0) is 49.2 Å². The zero-order chi connectivity index (χ0) is 20.4. The van der Waals surface area contributed by atoms with Crippen LogP contribution in [0.15, 0.2) is 41.3 Å². The second kappa shape index (κ2) is 8.19. The number of halogens is 1. The third kappa shape index (κ3) is 4.04. The third-order valence-corrected chi connectivity index (χ3v) is 6.80. The molecule has 0 aromatic heterocycles. The Kier molecular flexibility index (Phi) is 6.38. The van der Waals surface area contributed by atoms with Crippen LogP contribution in [0.2, 0.25) is 0 Å². The van der Waals surface area contributed by atoms with Crippen LogP contribution in [0.5, 0.6) is 0 Å². The van der Waals surface area contributed by atoms with Crippen molar-refractivity contribution in [3.05, 3.63) is 58.9 Å². The van der Waals surface area contributed by atoms with Gasteiger partial charge in [0.25, 0.3) is 5.91 Å². The predicted molar refractivity (Wildman–Crippen MR) is 105 cm³/mol. The Morgan fingerprint density at radius 2 is 1.70 bits per heavy atom. The van der Waals surface area contributed by atoms with Crippen LogP contribution < -0.4 is 4.90 Å². The van der Waals surface area contributed by atoms with E-state index in [0.717, 1.165) is 23.3 Å². The number of hydrogen-bond acceptors (Lipinski definition) is 3. The van der Waals surface area contributed by atoms with Crippen molar-refractivity contribution in [1.29, 1.82) is 0 Å². The normalized spacial score (nSPS) is 11.7. The highest BCUT2D eigenvalue weighted by atomic mass is 32.2. The summed E-state index contributed by atoms with van der Waals surface area (Å²) in [5, 5.41) is 0. The highest BCUT2D eigenvalue weighted by Crippen LogP contribution is 2.25. The Morgan fingerprint density at radius 3 is 2.30 bits per heavy atom. The standard InChI is InChI=1S/C20H25FN2O3S/c1-6-23(7-2)27(25,26)16-11-12-18(21)17(13-16)20(24)22(5)19-10-8-9-14(3)15(19)4/h8-13H,6-7H2,1-5H3. The van der Waals surface area contributed by atoms with E-state index < -0.39 is 21.7 Å². The van der Waals surface area contributed by atoms with Crippen molar-refractivity contribution < 1.29 is 17.6 Å². The van der Waals surface area contributed by atoms with Crippen molar-refractivity contribution in [3.8, 4) is 0 Å². The predicted octanol–water partition coefficient (Wildman–Crippen LogP) is 3.75. The number of nitrogens with zero attached hydrogens (tertiary/aromatic N) is 2. The number of sulfonamides is 1. The van der Waals surface area contributed by atoms with Crippen LogP contribution >= 0.6 is 0 Å². The molecule has 7 heteroatoms. The lowest BCUT2D eigenvalue weighted by molar-refractivity contribution is 0.0988. The van der Waals surface area contributed by atoms with Crippen molar-refractivity contribution in [1.82, 2.24) is 4.31 Å². The molecule has 5 nitrogen and oxygen atoms in total. The minimum Gasteiger partial charge on any atom is -0.311 e. The van der Waals surface area contributed by atoms with Crippen molar-refractivity contribution in [2.75, 3.05) is 25.0 Å². The first kappa shape index (κ1) is 21.1. The Bertz CT molecular complexity index is 954. The van der Waals surface area contributed by atoms with E-state index >= 15 is 0 Å². The number of anilines is 1. The summed E-state index contributed by atoms with van der Waals surface area (Å²) in [5.74, 6) is -1.35. The third-order valence-electron chi connectivity index (χ3n) is 4.75. The maximum Gasteiger partial charge on any atom is 0.261 e. The lowest BCUT2D eigenvalue weighted by atomic mass is 10.1. The van der Waals surface area contributed by atoms with Crippen LogP contribution in [0.4, 0.5) is 10.1 Å². The molecule has 0 heterocycles. The fraction of sp³-hybridized carbons (Fsp3) is 0.350. The molecule has 146 valence electrons. The summed E-state index contributed by atoms with van der Waals surface area (Å²) < 4.78 is 41.0. The molecule has 2 aromatic rings. The smallest absolute Gasteiger partial charge is 0.261 e. The molecule has 1 amide bonds. The lowest BCUT2D eigenvalue weighted by Crippen LogP contribution is -2.31. The first-order chi connectivity index (χ1) is 12.6. The summed E-state index contributed by atoms with van der Waals surface area (Å²) in [6.45, 7) is 7.85. The maximum atomic E-state index is 14.4. The molecular formula is C20H25FN2O3S. The summed E-state index contributed by atoms with van der Waals surface area (Å²) in [4.78, 5) is 14.1. The largest absolute Gasteiger partial charge is 0.311 e. The second-order valence-corrected chi connectivity index (χ2v) is 8.25. The fourth-order valence-corrected chi connectivity index (χ4v) is 4.42. The zero-order valence-corrected chi connectivity index (χ0v) is 17.1. The number of benzene rings is 2. The molecule has 0 spiro atoms. The number of hydrogen-bond donors (Lipinski definition) is 0. The molecule has 0 unspecified atom stereocenters. The van der Waals surface area contributed by atoms with E-state index in [4.69, 9.17) is 0 Å². The molecule has 0 N–H and O–H groups in total. The van der Waals surface area contributed by atoms with Crippen LogP contribution in [0, 0.1) is 19.7 Å². The van der Waals surface area contributed by atoms with Gasteiger partial charge >= 0.3 is 0 Å². The van der Waals surface area contributed by atoms with Crippen molar-refractivity contribution in [2.24, 2.45) is 0 Å². The van der Waals surface area contributed by atoms with E-state index in [2.05, 4.69) is 0 Å². The second-order valence-electron chi connectivity index (χ2n) is 6.31. The molecule has 0 aliphatic heterocycles. The van der Waals surface area contributed by atoms with Crippen molar-refractivity contribution in [3.63, 3.8) is 0 Å². The van der Waals surface area contributed by atoms with E-state index in [-0.39, 0.29) is 10.5 Å². The van der Waals surface area contributed by atoms with Gasteiger partial charge in [-0.1, -0.05) is 26.0 Å². The molecule has 0 saturated carbocycles. The summed E-state index contributed by atoms with van der Waals surface area (Å²) in [5.41, 5.74) is 2.29. The lowest BCUT2D eigenvalue weighted by Gasteiger charge is -2.22. The van der Waals surface area contributed by atoms with Gasteiger partial charge in [-0.3, -0.25) is 4.79 Å². The van der Waals surface area contributed by atoms with Crippen LogP contribution in [-0.4, -0.2) is 38.8 Å². The fourth-order valence-electron chi connectivity index (χ4n) is 2.93. The molecule has 0 bridgehead atoms. The monoisotopic (exact) mass is 392 g/mol. The number of carbonyl (C=O) groups is 1. The quantitative estimate of drug-likeness (QED) is 0.752. The minimum atomic E-state index is -3.78. The van der Waals surface area contributed by atoms with Crippen LogP contribution in [0.25, 0.3) is 0 Å². The van der Waals surface area contributed by atoms with Crippen molar-refractivity contribution >= 4 is 21.6 Å². The van der Waals surface area contributed by atoms with Gasteiger partial charge in [0.15, 0.2) is 0 Å². The summed E-state index contributed by atoms with van der Waals surface area (Å²) in [7, 11) is -2.23. The first-order valence-corrected chi connectivity index (χ1v) is 10.2. The highest BCUT2D eigenvalue weighted by molar-refractivity contribution is 7.89. The molecule has 0 saturated heterocycles. The van der Waals surface area contributed by atoms with Crippen LogP contribution in [0.3, 0.4) is 0 Å². The van der Waals surface area contributed by atoms with E-state index in [1.54, 1.807) is 27.0 Å². The molecule has 27 heavy (non-hydrogen) atoms. The molecule has 0 atom stereocenters. The van der Waals surface area contributed by atoms with E-state index in [1.165, 1.54) is 15.3 Å². The molecule has 0 aliphatic carbocycles. The Balaban J connectivity index is 2.50. The Hall–Kier alpha value is -2.25. The summed E-state index contributed by atoms with van der Waals surface area (Å²) in [6.07, 6.45) is 0. The van der Waals surface area contributed by atoms with Gasteiger partial charge in [-0.25, -0.2) is 12.8 Å². The molecule has 0 fully saturated rings. The van der Waals surface area contributed by atoms with Gasteiger partial charge in [-0.15, -0.1) is 0 Å². The van der Waals surface area contributed by atoms with E-state index in [0.29, 0.717) is 18.8 Å². The topological polar surface area (TPSA) is 57.7 Å². The van der Waals surface area contributed by atoms with Gasteiger partial charge in [-0.2, -0.15) is 4.31 Å². The summed E-state index contributed by atoms with van der Waals surface area (Å²) in [6, 6.07) is 8.86. The molecule has 2 aromatic carbocycles. The molecule has 0 aliphatic rings. The van der Waals surface area contributed by atoms with Gasteiger partial charge < -0.3 is 4.90 Å². The number of rotatable bonds is 6.